The lowest BCUT2D eigenvalue weighted by Gasteiger charge is -2.02. The molecule has 0 saturated heterocycles. The van der Waals surface area contributed by atoms with Gasteiger partial charge in [0.05, 0.1) is 19.2 Å². The summed E-state index contributed by atoms with van der Waals surface area (Å²) in [4.78, 5) is 18.6. The molecule has 0 atom stereocenters. The van der Waals surface area contributed by atoms with Crippen LogP contribution in [0, 0.1) is 6.92 Å². The molecule has 0 aliphatic heterocycles. The second-order valence-electron chi connectivity index (χ2n) is 2.52. The van der Waals surface area contributed by atoms with E-state index in [-0.39, 0.29) is 17.7 Å². The van der Waals surface area contributed by atoms with Crippen LogP contribution in [0.5, 0.6) is 0 Å². The molecular weight excluding hydrogens is 192 g/mol. The Morgan fingerprint density at radius 2 is 2.38 bits per heavy atom. The fourth-order valence-corrected chi connectivity index (χ4v) is 0.992. The second kappa shape index (κ2) is 4.18. The summed E-state index contributed by atoms with van der Waals surface area (Å²) in [5.41, 5.74) is 1.43. The molecule has 0 aliphatic rings. The Labute approximate surface area is 80.9 Å². The number of hydrogen-bond acceptors (Lipinski definition) is 4. The van der Waals surface area contributed by atoms with Crippen molar-refractivity contribution in [3.8, 4) is 0 Å². The highest BCUT2D eigenvalue weighted by Gasteiger charge is 2.08. The van der Waals surface area contributed by atoms with Crippen LogP contribution in [0.2, 0.25) is 5.28 Å². The lowest BCUT2D eigenvalue weighted by Crippen LogP contribution is -2.08. The number of methoxy groups -OCH3 is 1. The summed E-state index contributed by atoms with van der Waals surface area (Å²) in [6, 6.07) is 0. The van der Waals surface area contributed by atoms with Crippen molar-refractivity contribution in [3.05, 3.63) is 22.7 Å². The number of ether oxygens (including phenoxy) is 1. The number of halogens is 1. The van der Waals surface area contributed by atoms with Crippen LogP contribution in [0.3, 0.4) is 0 Å². The largest absolute Gasteiger partial charge is 0.469 e. The Bertz CT molecular complexity index is 328. The zero-order valence-corrected chi connectivity index (χ0v) is 8.13. The highest BCUT2D eigenvalue weighted by molar-refractivity contribution is 6.28. The average Bonchev–Trinajstić information content (AvgIpc) is 2.11. The highest BCUT2D eigenvalue weighted by atomic mass is 35.5. The van der Waals surface area contributed by atoms with Gasteiger partial charge in [0.1, 0.15) is 0 Å². The first kappa shape index (κ1) is 9.92. The van der Waals surface area contributed by atoms with Crippen molar-refractivity contribution >= 4 is 17.6 Å². The van der Waals surface area contributed by atoms with Crippen molar-refractivity contribution in [2.45, 2.75) is 13.3 Å². The summed E-state index contributed by atoms with van der Waals surface area (Å²) in [5.74, 6) is -0.335. The van der Waals surface area contributed by atoms with Gasteiger partial charge in [0, 0.05) is 6.20 Å². The first-order chi connectivity index (χ1) is 6.13. The van der Waals surface area contributed by atoms with E-state index >= 15 is 0 Å². The standard InChI is InChI=1S/C8H9ClN2O2/c1-5-4-10-8(9)11-6(5)3-7(12)13-2/h4H,3H2,1-2H3. The molecule has 0 unspecified atom stereocenters. The van der Waals surface area contributed by atoms with Gasteiger partial charge in [0.25, 0.3) is 0 Å². The molecule has 1 aromatic rings. The minimum Gasteiger partial charge on any atom is -0.469 e. The topological polar surface area (TPSA) is 52.1 Å². The molecular formula is C8H9ClN2O2. The molecule has 0 amide bonds. The van der Waals surface area contributed by atoms with Gasteiger partial charge in [-0.3, -0.25) is 4.79 Å². The minimum atomic E-state index is -0.335. The van der Waals surface area contributed by atoms with Gasteiger partial charge in [-0.25, -0.2) is 9.97 Å². The average molecular weight is 201 g/mol. The number of nitrogens with zero attached hydrogens (tertiary/aromatic N) is 2. The third kappa shape index (κ3) is 2.66. The van der Waals surface area contributed by atoms with Crippen LogP contribution in [-0.4, -0.2) is 23.0 Å². The lowest BCUT2D eigenvalue weighted by atomic mass is 10.2. The van der Waals surface area contributed by atoms with Crippen molar-refractivity contribution in [2.75, 3.05) is 7.11 Å². The third-order valence-corrected chi connectivity index (χ3v) is 1.77. The molecule has 0 radical (unpaired) electrons. The van der Waals surface area contributed by atoms with Crippen molar-refractivity contribution in [1.82, 2.24) is 9.97 Å². The van der Waals surface area contributed by atoms with E-state index in [9.17, 15) is 4.79 Å². The van der Waals surface area contributed by atoms with Crippen molar-refractivity contribution in [1.29, 1.82) is 0 Å². The molecule has 0 spiro atoms. The Kier molecular flexibility index (Phi) is 3.19. The van der Waals surface area contributed by atoms with Crippen LogP contribution in [0.15, 0.2) is 6.20 Å². The van der Waals surface area contributed by atoms with E-state index in [4.69, 9.17) is 11.6 Å². The van der Waals surface area contributed by atoms with Gasteiger partial charge in [0.15, 0.2) is 0 Å². The molecule has 4 nitrogen and oxygen atoms in total. The fraction of sp³-hybridized carbons (Fsp3) is 0.375. The maximum atomic E-state index is 10.9. The number of esters is 1. The zero-order chi connectivity index (χ0) is 9.84. The first-order valence-electron chi connectivity index (χ1n) is 3.68. The number of rotatable bonds is 2. The molecule has 5 heteroatoms. The molecule has 1 aromatic heterocycles. The van der Waals surface area contributed by atoms with Gasteiger partial charge in [-0.1, -0.05) is 0 Å². The number of aryl methyl sites for hydroxylation is 1. The molecule has 0 aliphatic carbocycles. The van der Waals surface area contributed by atoms with E-state index in [0.29, 0.717) is 5.69 Å². The third-order valence-electron chi connectivity index (χ3n) is 1.59. The van der Waals surface area contributed by atoms with Crippen LogP contribution in [0.25, 0.3) is 0 Å². The molecule has 1 heterocycles. The van der Waals surface area contributed by atoms with Crippen LogP contribution >= 0.6 is 11.6 Å². The lowest BCUT2D eigenvalue weighted by molar-refractivity contribution is -0.139. The quantitative estimate of drug-likeness (QED) is 0.531. The Morgan fingerprint density at radius 3 is 3.00 bits per heavy atom. The van der Waals surface area contributed by atoms with E-state index in [1.165, 1.54) is 7.11 Å². The molecule has 70 valence electrons. The summed E-state index contributed by atoms with van der Waals surface area (Å²) in [6.45, 7) is 1.81. The van der Waals surface area contributed by atoms with Gasteiger partial charge >= 0.3 is 5.97 Å². The first-order valence-corrected chi connectivity index (χ1v) is 4.06. The second-order valence-corrected chi connectivity index (χ2v) is 2.86. The van der Waals surface area contributed by atoms with Crippen molar-refractivity contribution < 1.29 is 9.53 Å². The van der Waals surface area contributed by atoms with Gasteiger partial charge in [0.2, 0.25) is 5.28 Å². The maximum Gasteiger partial charge on any atom is 0.311 e. The fourth-order valence-electron chi connectivity index (χ4n) is 0.841. The normalized spacial score (nSPS) is 9.77. The van der Waals surface area contributed by atoms with Crippen molar-refractivity contribution in [2.24, 2.45) is 0 Å². The van der Waals surface area contributed by atoms with Gasteiger partial charge < -0.3 is 4.74 Å². The summed E-state index contributed by atoms with van der Waals surface area (Å²) in [7, 11) is 1.33. The smallest absolute Gasteiger partial charge is 0.311 e. The summed E-state index contributed by atoms with van der Waals surface area (Å²) in [5, 5.41) is 0.143. The number of carbonyl (C=O) groups excluding carboxylic acids is 1. The molecule has 0 aromatic carbocycles. The molecule has 0 bridgehead atoms. The number of carbonyl (C=O) groups is 1. The predicted octanol–water partition coefficient (Wildman–Crippen LogP) is 1.15. The van der Waals surface area contributed by atoms with Gasteiger partial charge in [-0.2, -0.15) is 0 Å². The summed E-state index contributed by atoms with van der Waals surface area (Å²) >= 11 is 5.57. The summed E-state index contributed by atoms with van der Waals surface area (Å²) in [6.07, 6.45) is 1.71. The SMILES string of the molecule is COC(=O)Cc1nc(Cl)ncc1C. The highest BCUT2D eigenvalue weighted by Crippen LogP contribution is 2.08. The van der Waals surface area contributed by atoms with Crippen LogP contribution in [0.4, 0.5) is 0 Å². The predicted molar refractivity (Wildman–Crippen MR) is 47.5 cm³/mol. The molecule has 1 rings (SSSR count). The van der Waals surface area contributed by atoms with Crippen LogP contribution in [-0.2, 0) is 16.0 Å². The number of aromatic nitrogens is 2. The minimum absolute atomic E-state index is 0.130. The molecule has 13 heavy (non-hydrogen) atoms. The Hall–Kier alpha value is -1.16. The van der Waals surface area contributed by atoms with Crippen LogP contribution < -0.4 is 0 Å². The maximum absolute atomic E-state index is 10.9. The van der Waals surface area contributed by atoms with Gasteiger partial charge in [-0.05, 0) is 24.1 Å². The van der Waals surface area contributed by atoms with Crippen molar-refractivity contribution in [3.63, 3.8) is 0 Å². The van der Waals surface area contributed by atoms with E-state index in [2.05, 4.69) is 14.7 Å². The molecule has 0 saturated carbocycles. The Balaban J connectivity index is 2.87. The van der Waals surface area contributed by atoms with E-state index in [1.807, 2.05) is 6.92 Å². The van der Waals surface area contributed by atoms with Gasteiger partial charge in [-0.15, -0.1) is 0 Å². The zero-order valence-electron chi connectivity index (χ0n) is 7.37. The monoisotopic (exact) mass is 200 g/mol. The summed E-state index contributed by atoms with van der Waals surface area (Å²) < 4.78 is 4.51. The van der Waals surface area contributed by atoms with Crippen LogP contribution in [0.1, 0.15) is 11.3 Å². The van der Waals surface area contributed by atoms with E-state index in [0.717, 1.165) is 5.56 Å². The number of hydrogen-bond donors (Lipinski definition) is 0. The molecule has 0 N–H and O–H groups in total. The molecule has 0 fully saturated rings. The Morgan fingerprint density at radius 1 is 1.69 bits per heavy atom. The van der Waals surface area contributed by atoms with E-state index < -0.39 is 0 Å². The van der Waals surface area contributed by atoms with E-state index in [1.54, 1.807) is 6.20 Å².